The molecular weight excluding hydrogens is 518 g/mol. The summed E-state index contributed by atoms with van der Waals surface area (Å²) in [5.41, 5.74) is 5.51. The van der Waals surface area contributed by atoms with Crippen LogP contribution in [0.1, 0.15) is 47.1 Å². The lowest BCUT2D eigenvalue weighted by Gasteiger charge is -2.32. The fourth-order valence-electron chi connectivity index (χ4n) is 5.48. The Balaban J connectivity index is 1.51. The SMILES string of the molecule is COc1cccc(-c2cc(C(=O)N[C@@H](CO)Cc3cn(C(C)C)c4ccccc34)c3c(n2)C=CC(OC)(OC)C3)c1. The summed E-state index contributed by atoms with van der Waals surface area (Å²) in [7, 11) is 4.77. The third kappa shape index (κ3) is 5.63. The van der Waals surface area contributed by atoms with E-state index in [1.54, 1.807) is 27.4 Å². The predicted molar refractivity (Wildman–Crippen MR) is 160 cm³/mol. The molecule has 0 radical (unpaired) electrons. The quantitative estimate of drug-likeness (QED) is 0.262. The first-order valence-electron chi connectivity index (χ1n) is 13.8. The highest BCUT2D eigenvalue weighted by atomic mass is 16.7. The molecule has 4 aromatic rings. The van der Waals surface area contributed by atoms with Gasteiger partial charge in [0.1, 0.15) is 5.75 Å². The first kappa shape index (κ1) is 28.5. The lowest BCUT2D eigenvalue weighted by molar-refractivity contribution is -0.169. The second kappa shape index (κ2) is 11.9. The molecule has 1 atom stereocenters. The number of amides is 1. The van der Waals surface area contributed by atoms with Crippen LogP contribution in [0.25, 0.3) is 28.2 Å². The summed E-state index contributed by atoms with van der Waals surface area (Å²) >= 11 is 0. The molecule has 2 heterocycles. The molecule has 0 saturated carbocycles. The number of aliphatic hydroxyl groups excluding tert-OH is 1. The van der Waals surface area contributed by atoms with Gasteiger partial charge in [0.05, 0.1) is 31.1 Å². The molecule has 0 fully saturated rings. The van der Waals surface area contributed by atoms with Gasteiger partial charge in [0, 0.05) is 54.9 Å². The lowest BCUT2D eigenvalue weighted by atomic mass is 9.90. The second-order valence-corrected chi connectivity index (χ2v) is 10.6. The number of hydrogen-bond donors (Lipinski definition) is 2. The number of rotatable bonds is 10. The number of nitrogens with zero attached hydrogens (tertiary/aromatic N) is 2. The molecular formula is C33H37N3O5. The van der Waals surface area contributed by atoms with Crippen LogP contribution < -0.4 is 10.1 Å². The zero-order chi connectivity index (χ0) is 29.1. The smallest absolute Gasteiger partial charge is 0.252 e. The van der Waals surface area contributed by atoms with E-state index >= 15 is 0 Å². The molecule has 5 rings (SSSR count). The Morgan fingerprint density at radius 2 is 1.88 bits per heavy atom. The molecule has 0 saturated heterocycles. The molecule has 2 aromatic heterocycles. The summed E-state index contributed by atoms with van der Waals surface area (Å²) in [6.07, 6.45) is 6.57. The Labute approximate surface area is 240 Å². The number of carbonyl (C=O) groups excluding carboxylic acids is 1. The number of carbonyl (C=O) groups is 1. The van der Waals surface area contributed by atoms with E-state index in [-0.39, 0.29) is 18.6 Å². The van der Waals surface area contributed by atoms with Gasteiger partial charge >= 0.3 is 0 Å². The van der Waals surface area contributed by atoms with Crippen LogP contribution in [0.15, 0.2) is 66.9 Å². The number of hydrogen-bond acceptors (Lipinski definition) is 6. The van der Waals surface area contributed by atoms with Crippen LogP contribution in [0, 0.1) is 0 Å². The van der Waals surface area contributed by atoms with Gasteiger partial charge in [0.15, 0.2) is 5.79 Å². The Bertz CT molecular complexity index is 1590. The van der Waals surface area contributed by atoms with E-state index in [0.717, 1.165) is 22.0 Å². The van der Waals surface area contributed by atoms with Crippen molar-refractivity contribution in [2.24, 2.45) is 0 Å². The van der Waals surface area contributed by atoms with Crippen molar-refractivity contribution in [3.63, 3.8) is 0 Å². The number of aliphatic hydroxyl groups is 1. The molecule has 0 unspecified atom stereocenters. The molecule has 8 nitrogen and oxygen atoms in total. The van der Waals surface area contributed by atoms with Gasteiger partial charge in [-0.3, -0.25) is 4.79 Å². The molecule has 1 aliphatic rings. The average molecular weight is 556 g/mol. The topological polar surface area (TPSA) is 94.8 Å². The van der Waals surface area contributed by atoms with Crippen LogP contribution in [-0.2, 0) is 22.3 Å². The maximum Gasteiger partial charge on any atom is 0.252 e. The third-order valence-electron chi connectivity index (χ3n) is 7.78. The molecule has 0 bridgehead atoms. The van der Waals surface area contributed by atoms with Crippen molar-refractivity contribution in [3.8, 4) is 17.0 Å². The molecule has 1 aliphatic carbocycles. The number of nitrogens with one attached hydrogen (secondary N) is 1. The number of benzene rings is 2. The zero-order valence-electron chi connectivity index (χ0n) is 24.2. The van der Waals surface area contributed by atoms with E-state index in [2.05, 4.69) is 42.1 Å². The number of fused-ring (bicyclic) bond motifs is 2. The van der Waals surface area contributed by atoms with Gasteiger partial charge < -0.3 is 29.2 Å². The van der Waals surface area contributed by atoms with E-state index in [1.807, 2.05) is 48.6 Å². The maximum atomic E-state index is 14.0. The van der Waals surface area contributed by atoms with Crippen molar-refractivity contribution in [1.29, 1.82) is 0 Å². The highest BCUT2D eigenvalue weighted by Gasteiger charge is 2.34. The van der Waals surface area contributed by atoms with Crippen LogP contribution in [-0.4, -0.2) is 60.3 Å². The molecule has 8 heteroatoms. The average Bonchev–Trinajstić information content (AvgIpc) is 3.38. The zero-order valence-corrected chi connectivity index (χ0v) is 24.2. The van der Waals surface area contributed by atoms with Crippen LogP contribution in [0.4, 0.5) is 0 Å². The van der Waals surface area contributed by atoms with Crippen molar-refractivity contribution in [1.82, 2.24) is 14.9 Å². The van der Waals surface area contributed by atoms with E-state index in [1.165, 1.54) is 0 Å². The standard InChI is InChI=1S/C33H37N3O5/c1-21(2)36-19-23(26-11-6-7-12-31(26)36)15-24(20-37)34-32(38)27-17-30(22-9-8-10-25(16-22)39-3)35-29-13-14-33(40-4,41-5)18-28(27)29/h6-14,16-17,19,21,24,37H,15,18,20H2,1-5H3,(H,34,38)/t24-/m1/s1. The minimum Gasteiger partial charge on any atom is -0.497 e. The first-order chi connectivity index (χ1) is 19.8. The fraction of sp³-hybridized carbons (Fsp3) is 0.333. The van der Waals surface area contributed by atoms with Gasteiger partial charge in [0.2, 0.25) is 0 Å². The van der Waals surface area contributed by atoms with Gasteiger partial charge in [0.25, 0.3) is 5.91 Å². The lowest BCUT2D eigenvalue weighted by Crippen LogP contribution is -2.41. The summed E-state index contributed by atoms with van der Waals surface area (Å²) in [5.74, 6) is -0.603. The summed E-state index contributed by atoms with van der Waals surface area (Å²) in [6.45, 7) is 4.08. The number of aromatic nitrogens is 2. The predicted octanol–water partition coefficient (Wildman–Crippen LogP) is 5.18. The van der Waals surface area contributed by atoms with Gasteiger partial charge in [-0.2, -0.15) is 0 Å². The molecule has 214 valence electrons. The minimum absolute atomic E-state index is 0.205. The van der Waals surface area contributed by atoms with E-state index in [4.69, 9.17) is 19.2 Å². The normalized spacial score (nSPS) is 14.7. The number of methoxy groups -OCH3 is 3. The monoisotopic (exact) mass is 555 g/mol. The van der Waals surface area contributed by atoms with Gasteiger partial charge in [-0.05, 0) is 67.8 Å². The number of ether oxygens (including phenoxy) is 3. The van der Waals surface area contributed by atoms with Gasteiger partial charge in [-0.15, -0.1) is 0 Å². The molecule has 0 spiro atoms. The maximum absolute atomic E-state index is 14.0. The molecule has 2 aromatic carbocycles. The Morgan fingerprint density at radius 1 is 1.10 bits per heavy atom. The third-order valence-corrected chi connectivity index (χ3v) is 7.78. The van der Waals surface area contributed by atoms with E-state index in [9.17, 15) is 9.90 Å². The van der Waals surface area contributed by atoms with E-state index in [0.29, 0.717) is 41.1 Å². The number of para-hydroxylation sites is 1. The molecule has 41 heavy (non-hydrogen) atoms. The van der Waals surface area contributed by atoms with Gasteiger partial charge in [-0.25, -0.2) is 4.98 Å². The van der Waals surface area contributed by atoms with E-state index < -0.39 is 11.8 Å². The largest absolute Gasteiger partial charge is 0.497 e. The highest BCUT2D eigenvalue weighted by Crippen LogP contribution is 2.34. The Kier molecular flexibility index (Phi) is 8.26. The summed E-state index contributed by atoms with van der Waals surface area (Å²) in [5, 5.41) is 14.6. The van der Waals surface area contributed by atoms with Crippen LogP contribution in [0.2, 0.25) is 0 Å². The van der Waals surface area contributed by atoms with Crippen molar-refractivity contribution < 1.29 is 24.1 Å². The fourth-order valence-corrected chi connectivity index (χ4v) is 5.48. The van der Waals surface area contributed by atoms with Crippen LogP contribution >= 0.6 is 0 Å². The highest BCUT2D eigenvalue weighted by molar-refractivity contribution is 5.98. The van der Waals surface area contributed by atoms with Crippen molar-refractivity contribution in [2.45, 2.75) is 44.6 Å². The summed E-state index contributed by atoms with van der Waals surface area (Å²) in [4.78, 5) is 18.8. The van der Waals surface area contributed by atoms with Crippen LogP contribution in [0.3, 0.4) is 0 Å². The minimum atomic E-state index is -1.00. The van der Waals surface area contributed by atoms with Crippen molar-refractivity contribution in [3.05, 3.63) is 89.3 Å². The molecule has 2 N–H and O–H groups in total. The summed E-state index contributed by atoms with van der Waals surface area (Å²) in [6, 6.07) is 17.4. The Morgan fingerprint density at radius 3 is 2.59 bits per heavy atom. The first-order valence-corrected chi connectivity index (χ1v) is 13.8. The van der Waals surface area contributed by atoms with Crippen LogP contribution in [0.5, 0.6) is 5.75 Å². The summed E-state index contributed by atoms with van der Waals surface area (Å²) < 4.78 is 19.0. The van der Waals surface area contributed by atoms with Gasteiger partial charge in [-0.1, -0.05) is 30.3 Å². The Hall–Kier alpha value is -3.98. The van der Waals surface area contributed by atoms with Crippen molar-refractivity contribution in [2.75, 3.05) is 27.9 Å². The van der Waals surface area contributed by atoms with Crippen molar-refractivity contribution >= 4 is 22.9 Å². The molecule has 1 amide bonds. The second-order valence-electron chi connectivity index (χ2n) is 10.6. The molecule has 0 aliphatic heterocycles. The number of pyridine rings is 1.